The Morgan fingerprint density at radius 3 is 2.73 bits per heavy atom. The number of rotatable bonds is 6. The van der Waals surface area contributed by atoms with E-state index >= 15 is 0 Å². The Morgan fingerprint density at radius 1 is 1.23 bits per heavy atom. The van der Waals surface area contributed by atoms with E-state index < -0.39 is 0 Å². The van der Waals surface area contributed by atoms with Gasteiger partial charge in [-0.25, -0.2) is 9.67 Å². The number of halogens is 1. The summed E-state index contributed by atoms with van der Waals surface area (Å²) in [5, 5.41) is 19.1. The molecule has 2 heterocycles. The lowest BCUT2D eigenvalue weighted by atomic mass is 10.2. The van der Waals surface area contributed by atoms with E-state index in [4.69, 9.17) is 5.26 Å². The van der Waals surface area contributed by atoms with Crippen LogP contribution in [0.1, 0.15) is 15.9 Å². The van der Waals surface area contributed by atoms with Gasteiger partial charge in [-0.3, -0.25) is 4.79 Å². The van der Waals surface area contributed by atoms with Crippen LogP contribution in [0.4, 0.5) is 5.82 Å². The van der Waals surface area contributed by atoms with Crippen molar-refractivity contribution in [1.82, 2.24) is 20.1 Å². The van der Waals surface area contributed by atoms with Gasteiger partial charge in [-0.2, -0.15) is 10.4 Å². The van der Waals surface area contributed by atoms with Gasteiger partial charge in [-0.15, -0.1) is 0 Å². The van der Waals surface area contributed by atoms with Crippen molar-refractivity contribution in [1.29, 1.82) is 5.26 Å². The van der Waals surface area contributed by atoms with Gasteiger partial charge in [0.1, 0.15) is 11.9 Å². The fourth-order valence-electron chi connectivity index (χ4n) is 2.30. The highest BCUT2D eigenvalue weighted by molar-refractivity contribution is 9.10. The molecule has 130 valence electrons. The lowest BCUT2D eigenvalue weighted by molar-refractivity contribution is 0.0955. The topological polar surface area (TPSA) is 95.6 Å². The predicted molar refractivity (Wildman–Crippen MR) is 101 cm³/mol. The normalized spacial score (nSPS) is 10.2. The van der Waals surface area contributed by atoms with E-state index in [-0.39, 0.29) is 5.91 Å². The molecule has 0 aliphatic heterocycles. The molecule has 0 saturated heterocycles. The number of nitrogens with one attached hydrogen (secondary N) is 2. The molecule has 3 aromatic rings. The van der Waals surface area contributed by atoms with Crippen molar-refractivity contribution < 1.29 is 4.79 Å². The van der Waals surface area contributed by atoms with Crippen molar-refractivity contribution in [3.8, 4) is 11.8 Å². The standard InChI is InChI=1S/C18H15BrN6O/c19-15-11-24-25(12-15)16-5-3-13(4-6-16)18(26)23-9-8-22-17-14(10-20)2-1-7-21-17/h1-7,11-12H,8-9H2,(H,21,22)(H,23,26). The van der Waals surface area contributed by atoms with Crippen LogP contribution in [0, 0.1) is 11.3 Å². The summed E-state index contributed by atoms with van der Waals surface area (Å²) in [6, 6.07) is 12.6. The Kier molecular flexibility index (Phi) is 5.61. The number of nitrogens with zero attached hydrogens (tertiary/aromatic N) is 4. The molecule has 0 spiro atoms. The molecule has 26 heavy (non-hydrogen) atoms. The van der Waals surface area contributed by atoms with E-state index in [1.165, 1.54) is 0 Å². The number of anilines is 1. The fourth-order valence-corrected chi connectivity index (χ4v) is 2.59. The summed E-state index contributed by atoms with van der Waals surface area (Å²) in [6.45, 7) is 0.880. The van der Waals surface area contributed by atoms with Crippen LogP contribution in [0.3, 0.4) is 0 Å². The lowest BCUT2D eigenvalue weighted by Gasteiger charge is -2.09. The van der Waals surface area contributed by atoms with E-state index in [1.807, 2.05) is 18.3 Å². The quantitative estimate of drug-likeness (QED) is 0.609. The lowest BCUT2D eigenvalue weighted by Crippen LogP contribution is -2.29. The van der Waals surface area contributed by atoms with Gasteiger partial charge in [0.15, 0.2) is 0 Å². The first kappa shape index (κ1) is 17.6. The number of carbonyl (C=O) groups excluding carboxylic acids is 1. The molecule has 2 aromatic heterocycles. The average molecular weight is 411 g/mol. The maximum Gasteiger partial charge on any atom is 0.251 e. The number of aromatic nitrogens is 3. The average Bonchev–Trinajstić information content (AvgIpc) is 3.12. The van der Waals surface area contributed by atoms with Gasteiger partial charge >= 0.3 is 0 Å². The van der Waals surface area contributed by atoms with Crippen LogP contribution >= 0.6 is 15.9 Å². The Morgan fingerprint density at radius 2 is 2.04 bits per heavy atom. The summed E-state index contributed by atoms with van der Waals surface area (Å²) in [4.78, 5) is 16.3. The van der Waals surface area contributed by atoms with E-state index in [1.54, 1.807) is 41.3 Å². The minimum atomic E-state index is -0.165. The molecule has 7 nitrogen and oxygen atoms in total. The Bertz CT molecular complexity index is 945. The SMILES string of the molecule is N#Cc1cccnc1NCCNC(=O)c1ccc(-n2cc(Br)cn2)cc1. The summed E-state index contributed by atoms with van der Waals surface area (Å²) in [5.74, 6) is 0.348. The molecule has 0 saturated carbocycles. The number of hydrogen-bond donors (Lipinski definition) is 2. The van der Waals surface area contributed by atoms with Gasteiger partial charge in [0.25, 0.3) is 5.91 Å². The summed E-state index contributed by atoms with van der Waals surface area (Å²) < 4.78 is 2.61. The fraction of sp³-hybridized carbons (Fsp3) is 0.111. The Hall–Kier alpha value is -3.18. The van der Waals surface area contributed by atoms with Gasteiger partial charge in [-0.05, 0) is 52.3 Å². The maximum absolute atomic E-state index is 12.2. The van der Waals surface area contributed by atoms with E-state index in [2.05, 4.69) is 42.7 Å². The molecule has 8 heteroatoms. The third-order valence-corrected chi connectivity index (χ3v) is 3.99. The first-order valence-electron chi connectivity index (χ1n) is 7.85. The molecule has 0 bridgehead atoms. The summed E-state index contributed by atoms with van der Waals surface area (Å²) in [6.07, 6.45) is 5.16. The molecular formula is C18H15BrN6O. The molecular weight excluding hydrogens is 396 g/mol. The molecule has 0 unspecified atom stereocenters. The maximum atomic E-state index is 12.2. The smallest absolute Gasteiger partial charge is 0.251 e. The van der Waals surface area contributed by atoms with E-state index in [0.717, 1.165) is 10.2 Å². The molecule has 1 aromatic carbocycles. The van der Waals surface area contributed by atoms with Gasteiger partial charge in [0, 0.05) is 31.0 Å². The second-order valence-corrected chi connectivity index (χ2v) is 6.26. The number of hydrogen-bond acceptors (Lipinski definition) is 5. The van der Waals surface area contributed by atoms with Crippen molar-refractivity contribution in [3.63, 3.8) is 0 Å². The molecule has 0 atom stereocenters. The third-order valence-electron chi connectivity index (χ3n) is 3.58. The van der Waals surface area contributed by atoms with Crippen LogP contribution in [0.15, 0.2) is 59.5 Å². The van der Waals surface area contributed by atoms with Crippen LogP contribution < -0.4 is 10.6 Å². The zero-order valence-corrected chi connectivity index (χ0v) is 15.3. The number of benzene rings is 1. The van der Waals surface area contributed by atoms with Crippen molar-refractivity contribution >= 4 is 27.7 Å². The highest BCUT2D eigenvalue weighted by atomic mass is 79.9. The van der Waals surface area contributed by atoms with Gasteiger partial charge in [0.2, 0.25) is 0 Å². The minimum Gasteiger partial charge on any atom is -0.367 e. The summed E-state index contributed by atoms with van der Waals surface area (Å²) in [5.41, 5.74) is 1.91. The zero-order chi connectivity index (χ0) is 18.4. The van der Waals surface area contributed by atoms with Crippen LogP contribution in [0.5, 0.6) is 0 Å². The molecule has 2 N–H and O–H groups in total. The van der Waals surface area contributed by atoms with Crippen molar-refractivity contribution in [2.45, 2.75) is 0 Å². The Balaban J connectivity index is 1.51. The third kappa shape index (κ3) is 4.26. The van der Waals surface area contributed by atoms with Crippen molar-refractivity contribution in [2.24, 2.45) is 0 Å². The second kappa shape index (κ2) is 8.27. The highest BCUT2D eigenvalue weighted by Gasteiger charge is 2.06. The van der Waals surface area contributed by atoms with E-state index in [9.17, 15) is 4.79 Å². The summed E-state index contributed by atoms with van der Waals surface area (Å²) >= 11 is 3.35. The van der Waals surface area contributed by atoms with Crippen molar-refractivity contribution in [2.75, 3.05) is 18.4 Å². The number of nitriles is 1. The molecule has 0 radical (unpaired) electrons. The zero-order valence-electron chi connectivity index (χ0n) is 13.7. The van der Waals surface area contributed by atoms with E-state index in [0.29, 0.717) is 30.0 Å². The molecule has 0 aliphatic rings. The first-order valence-corrected chi connectivity index (χ1v) is 8.64. The first-order chi connectivity index (χ1) is 12.7. The molecule has 0 fully saturated rings. The predicted octanol–water partition coefficient (Wildman–Crippen LogP) is 2.74. The monoisotopic (exact) mass is 410 g/mol. The molecule has 0 aliphatic carbocycles. The van der Waals surface area contributed by atoms with Gasteiger partial charge in [0.05, 0.1) is 21.9 Å². The van der Waals surface area contributed by atoms with Gasteiger partial charge in [-0.1, -0.05) is 0 Å². The Labute approximate surface area is 158 Å². The van der Waals surface area contributed by atoms with Crippen LogP contribution in [0.25, 0.3) is 5.69 Å². The van der Waals surface area contributed by atoms with Crippen molar-refractivity contribution in [3.05, 3.63) is 70.6 Å². The van der Waals surface area contributed by atoms with Gasteiger partial charge < -0.3 is 10.6 Å². The summed E-state index contributed by atoms with van der Waals surface area (Å²) in [7, 11) is 0. The number of amides is 1. The minimum absolute atomic E-state index is 0.165. The number of pyridine rings is 1. The van der Waals surface area contributed by atoms with Crippen LogP contribution in [0.2, 0.25) is 0 Å². The second-order valence-electron chi connectivity index (χ2n) is 5.34. The van der Waals surface area contributed by atoms with Crippen LogP contribution in [-0.2, 0) is 0 Å². The largest absolute Gasteiger partial charge is 0.367 e. The number of carbonyl (C=O) groups is 1. The molecule has 3 rings (SSSR count). The molecule has 1 amide bonds. The highest BCUT2D eigenvalue weighted by Crippen LogP contribution is 2.13. The van der Waals surface area contributed by atoms with Crippen LogP contribution in [-0.4, -0.2) is 33.8 Å².